The van der Waals surface area contributed by atoms with Crippen LogP contribution in [0.15, 0.2) is 36.4 Å². The summed E-state index contributed by atoms with van der Waals surface area (Å²) >= 11 is 0. The lowest BCUT2D eigenvalue weighted by molar-refractivity contribution is 0.432. The van der Waals surface area contributed by atoms with Crippen LogP contribution in [0.5, 0.6) is 0 Å². The highest BCUT2D eigenvalue weighted by Gasteiger charge is 2.18. The van der Waals surface area contributed by atoms with Crippen molar-refractivity contribution in [3.8, 4) is 0 Å². The first-order valence-corrected chi connectivity index (χ1v) is 11.9. The predicted molar refractivity (Wildman–Crippen MR) is 141 cm³/mol. The summed E-state index contributed by atoms with van der Waals surface area (Å²) in [6, 6.07) is 2.31. The van der Waals surface area contributed by atoms with Gasteiger partial charge in [-0.25, -0.2) is 0 Å². The van der Waals surface area contributed by atoms with Gasteiger partial charge in [0.25, 0.3) is 0 Å². The third-order valence-electron chi connectivity index (χ3n) is 6.07. The molecule has 1 aromatic rings. The van der Waals surface area contributed by atoms with Crippen LogP contribution in [0, 0.1) is 11.3 Å². The third kappa shape index (κ3) is 8.50. The molecule has 0 radical (unpaired) electrons. The number of hydrogen-bond donors (Lipinski definition) is 0. The molecular weight excluding hydrogens is 360 g/mol. The minimum atomic E-state index is 0.206. The van der Waals surface area contributed by atoms with Crippen molar-refractivity contribution in [2.45, 2.75) is 94.4 Å². The topological polar surface area (TPSA) is 0 Å². The fourth-order valence-electron chi connectivity index (χ4n) is 3.40. The lowest BCUT2D eigenvalue weighted by atomic mass is 9.80. The van der Waals surface area contributed by atoms with Gasteiger partial charge in [-0.05, 0) is 78.0 Å². The predicted octanol–water partition coefficient (Wildman–Crippen LogP) is 8.03. The van der Waals surface area contributed by atoms with Gasteiger partial charge in [0, 0.05) is 0 Å². The Morgan fingerprint density at radius 2 is 1.83 bits per heavy atom. The van der Waals surface area contributed by atoms with Gasteiger partial charge in [-0.2, -0.15) is 0 Å². The van der Waals surface area contributed by atoms with Gasteiger partial charge in [-0.3, -0.25) is 0 Å². The fraction of sp³-hybridized carbons (Fsp3) is 0.533. The molecule has 1 aromatic carbocycles. The van der Waals surface area contributed by atoms with E-state index in [1.54, 1.807) is 0 Å². The first kappa shape index (κ1) is 28.2. The normalized spacial score (nSPS) is 13.0. The fourth-order valence-corrected chi connectivity index (χ4v) is 3.40. The van der Waals surface area contributed by atoms with Gasteiger partial charge < -0.3 is 0 Å². The van der Waals surface area contributed by atoms with E-state index in [9.17, 15) is 0 Å². The molecule has 0 unspecified atom stereocenters. The van der Waals surface area contributed by atoms with Gasteiger partial charge in [0.05, 0.1) is 0 Å². The zero-order valence-electron chi connectivity index (χ0n) is 21.5. The van der Waals surface area contributed by atoms with Crippen LogP contribution in [0.4, 0.5) is 0 Å². The molecule has 0 bridgehead atoms. The molecule has 0 spiro atoms. The van der Waals surface area contributed by atoms with Crippen LogP contribution in [0.3, 0.4) is 0 Å². The van der Waals surface area contributed by atoms with Crippen LogP contribution in [0.2, 0.25) is 0 Å². The molecular formula is C30H48. The molecule has 0 aromatic heterocycles. The Morgan fingerprint density at radius 3 is 2.33 bits per heavy atom. The minimum Gasteiger partial charge on any atom is -0.103 e. The van der Waals surface area contributed by atoms with Crippen molar-refractivity contribution in [3.05, 3.63) is 63.6 Å². The molecule has 0 N–H and O–H groups in total. The van der Waals surface area contributed by atoms with E-state index in [0.717, 1.165) is 25.2 Å². The second kappa shape index (κ2) is 14.2. The maximum atomic E-state index is 4.50. The molecule has 0 nitrogen and oxygen atoms in total. The van der Waals surface area contributed by atoms with E-state index in [1.165, 1.54) is 45.5 Å². The monoisotopic (exact) mass is 408 g/mol. The van der Waals surface area contributed by atoms with Crippen LogP contribution in [-0.2, 0) is 12.8 Å². The number of rotatable bonds is 10. The van der Waals surface area contributed by atoms with Crippen molar-refractivity contribution in [1.82, 2.24) is 0 Å². The summed E-state index contributed by atoms with van der Waals surface area (Å²) in [7, 11) is 0. The van der Waals surface area contributed by atoms with Crippen molar-refractivity contribution >= 4 is 18.7 Å². The maximum absolute atomic E-state index is 4.50. The Morgan fingerprint density at radius 1 is 1.20 bits per heavy atom. The molecule has 0 atom stereocenters. The van der Waals surface area contributed by atoms with Crippen LogP contribution >= 0.6 is 0 Å². The first-order valence-electron chi connectivity index (χ1n) is 11.9. The van der Waals surface area contributed by atoms with Crippen LogP contribution in [0.25, 0.3) is 18.7 Å². The third-order valence-corrected chi connectivity index (χ3v) is 6.07. The average Bonchev–Trinajstić information content (AvgIpc) is 2.72. The van der Waals surface area contributed by atoms with E-state index in [0.29, 0.717) is 0 Å². The van der Waals surface area contributed by atoms with E-state index in [4.69, 9.17) is 0 Å². The first-order chi connectivity index (χ1) is 14.2. The van der Waals surface area contributed by atoms with Gasteiger partial charge in [0.1, 0.15) is 0 Å². The Labute approximate surface area is 188 Å². The Kier molecular flexibility index (Phi) is 13.4. The van der Waals surface area contributed by atoms with Gasteiger partial charge in [-0.15, -0.1) is 6.58 Å². The molecule has 0 aliphatic heterocycles. The molecule has 1 rings (SSSR count). The van der Waals surface area contributed by atoms with Crippen LogP contribution in [0.1, 0.15) is 98.3 Å². The Hall–Kier alpha value is -1.82. The van der Waals surface area contributed by atoms with Gasteiger partial charge in [0.2, 0.25) is 0 Å². The van der Waals surface area contributed by atoms with Crippen LogP contribution in [-0.4, -0.2) is 0 Å². The van der Waals surface area contributed by atoms with E-state index < -0.39 is 0 Å². The molecule has 168 valence electrons. The standard InChI is InChI=1S/C28H42.C2H6/c1-10-13-17-24-20-25(15-11-2)27(19-22(6)28(8,9)12-3)26(23(24)7)18-14-16-21(4)5;1-2/h10-11,13,17,19-21H,2,7,12,14-16,18H2,1,3-6,8-9H3;1-2H3/b13-10-,22-19+,24-17-;. The SMILES string of the molecule is C=CCc1c/c(=C/C=C\C)c(=C)c(CCCC(C)C)c1/C=C(\C)C(C)(C)CC.CC. The summed E-state index contributed by atoms with van der Waals surface area (Å²) in [5.74, 6) is 0.735. The van der Waals surface area contributed by atoms with Crippen LogP contribution < -0.4 is 10.4 Å². The molecule has 0 amide bonds. The van der Waals surface area contributed by atoms with Crippen molar-refractivity contribution in [2.75, 3.05) is 0 Å². The number of hydrogen-bond acceptors (Lipinski definition) is 0. The van der Waals surface area contributed by atoms with E-state index in [-0.39, 0.29) is 5.41 Å². The van der Waals surface area contributed by atoms with Crippen molar-refractivity contribution in [3.63, 3.8) is 0 Å². The molecule has 0 saturated heterocycles. The van der Waals surface area contributed by atoms with Gasteiger partial charge in [-0.1, -0.05) is 103 Å². The maximum Gasteiger partial charge on any atom is -0.00939 e. The zero-order valence-corrected chi connectivity index (χ0v) is 21.5. The smallest absolute Gasteiger partial charge is 0.00939 e. The molecule has 0 aliphatic carbocycles. The summed E-state index contributed by atoms with van der Waals surface area (Å²) in [6.45, 7) is 28.4. The molecule has 0 fully saturated rings. The minimum absolute atomic E-state index is 0.206. The highest BCUT2D eigenvalue weighted by atomic mass is 14.2. The van der Waals surface area contributed by atoms with E-state index >= 15 is 0 Å². The summed E-state index contributed by atoms with van der Waals surface area (Å²) in [5.41, 5.74) is 5.81. The Bertz CT molecular complexity index is 813. The average molecular weight is 409 g/mol. The second-order valence-corrected chi connectivity index (χ2v) is 9.03. The molecule has 0 heteroatoms. The lowest BCUT2D eigenvalue weighted by Crippen LogP contribution is -2.30. The quantitative estimate of drug-likeness (QED) is 0.344. The van der Waals surface area contributed by atoms with Gasteiger partial charge >= 0.3 is 0 Å². The highest BCUT2D eigenvalue weighted by molar-refractivity contribution is 5.63. The molecule has 30 heavy (non-hydrogen) atoms. The summed E-state index contributed by atoms with van der Waals surface area (Å²) < 4.78 is 0. The van der Waals surface area contributed by atoms with Crippen molar-refractivity contribution in [2.24, 2.45) is 11.3 Å². The lowest BCUT2D eigenvalue weighted by Gasteiger charge is -2.25. The Balaban J connectivity index is 0.00000407. The second-order valence-electron chi connectivity index (χ2n) is 9.03. The summed E-state index contributed by atoms with van der Waals surface area (Å²) in [4.78, 5) is 0. The molecule has 0 aliphatic rings. The molecule has 0 heterocycles. The van der Waals surface area contributed by atoms with Gasteiger partial charge in [0.15, 0.2) is 0 Å². The largest absolute Gasteiger partial charge is 0.103 e. The number of allylic oxidation sites excluding steroid dienone is 4. The molecule has 0 saturated carbocycles. The number of benzene rings is 1. The van der Waals surface area contributed by atoms with E-state index in [2.05, 4.69) is 92.0 Å². The van der Waals surface area contributed by atoms with E-state index in [1.807, 2.05) is 19.9 Å². The summed E-state index contributed by atoms with van der Waals surface area (Å²) in [5, 5.41) is 2.42. The highest BCUT2D eigenvalue weighted by Crippen LogP contribution is 2.32. The van der Waals surface area contributed by atoms with Crippen molar-refractivity contribution < 1.29 is 0 Å². The van der Waals surface area contributed by atoms with Crippen molar-refractivity contribution in [1.29, 1.82) is 0 Å². The zero-order chi connectivity index (χ0) is 23.3. The summed E-state index contributed by atoms with van der Waals surface area (Å²) in [6.07, 6.45) is 16.4.